The third-order valence-electron chi connectivity index (χ3n) is 3.33. The van der Waals surface area contributed by atoms with Crippen molar-refractivity contribution in [1.82, 2.24) is 4.90 Å². The van der Waals surface area contributed by atoms with Gasteiger partial charge in [0.25, 0.3) is 0 Å². The fourth-order valence-corrected chi connectivity index (χ4v) is 2.41. The van der Waals surface area contributed by atoms with E-state index in [2.05, 4.69) is 0 Å². The number of Topliss-reactive ketones (excluding diaryl/α,β-unsaturated/α-hetero) is 1. The Morgan fingerprint density at radius 3 is 2.95 bits per heavy atom. The van der Waals surface area contributed by atoms with Crippen molar-refractivity contribution in [2.45, 2.75) is 25.4 Å². The predicted molar refractivity (Wildman–Crippen MR) is 71.6 cm³/mol. The van der Waals surface area contributed by atoms with Crippen molar-refractivity contribution < 1.29 is 13.9 Å². The van der Waals surface area contributed by atoms with E-state index < -0.39 is 0 Å². The predicted octanol–water partition coefficient (Wildman–Crippen LogP) is 2.05. The summed E-state index contributed by atoms with van der Waals surface area (Å²) in [6.45, 7) is 1.93. The standard InChI is InChI=1S/C15H20FNO2/c1-17(11-14-6-4-8-19-14)10-13(18)9-12-5-2-3-7-15(12)16/h2-3,5,7,14H,4,6,8-11H2,1H3. The number of likely N-dealkylation sites (N-methyl/N-ethyl adjacent to an activating group) is 1. The highest BCUT2D eigenvalue weighted by molar-refractivity contribution is 5.82. The van der Waals surface area contributed by atoms with Crippen molar-refractivity contribution >= 4 is 5.78 Å². The molecule has 0 N–H and O–H groups in total. The van der Waals surface area contributed by atoms with Crippen LogP contribution in [0.3, 0.4) is 0 Å². The van der Waals surface area contributed by atoms with E-state index in [-0.39, 0.29) is 24.1 Å². The zero-order chi connectivity index (χ0) is 13.7. The van der Waals surface area contributed by atoms with Gasteiger partial charge in [0.15, 0.2) is 5.78 Å². The van der Waals surface area contributed by atoms with Crippen molar-refractivity contribution in [3.63, 3.8) is 0 Å². The molecule has 1 atom stereocenters. The summed E-state index contributed by atoms with van der Waals surface area (Å²) in [5.41, 5.74) is 0.470. The van der Waals surface area contributed by atoms with Gasteiger partial charge >= 0.3 is 0 Å². The molecule has 1 aliphatic heterocycles. The van der Waals surface area contributed by atoms with Gasteiger partial charge in [-0.1, -0.05) is 18.2 Å². The molecule has 3 nitrogen and oxygen atoms in total. The van der Waals surface area contributed by atoms with Crippen LogP contribution in [0.5, 0.6) is 0 Å². The van der Waals surface area contributed by atoms with E-state index >= 15 is 0 Å². The lowest BCUT2D eigenvalue weighted by Gasteiger charge is -2.19. The van der Waals surface area contributed by atoms with Gasteiger partial charge in [-0.25, -0.2) is 4.39 Å². The highest BCUT2D eigenvalue weighted by Crippen LogP contribution is 2.13. The van der Waals surface area contributed by atoms with Gasteiger partial charge in [0.2, 0.25) is 0 Å². The van der Waals surface area contributed by atoms with Crippen LogP contribution in [0, 0.1) is 5.82 Å². The minimum Gasteiger partial charge on any atom is -0.377 e. The van der Waals surface area contributed by atoms with Crippen LogP contribution in [-0.2, 0) is 16.0 Å². The van der Waals surface area contributed by atoms with Crippen LogP contribution in [0.15, 0.2) is 24.3 Å². The summed E-state index contributed by atoms with van der Waals surface area (Å²) in [5.74, 6) is -0.275. The highest BCUT2D eigenvalue weighted by atomic mass is 19.1. The Kier molecular flexibility index (Phi) is 5.05. The molecule has 0 amide bonds. The maximum atomic E-state index is 13.4. The number of rotatable bonds is 6. The smallest absolute Gasteiger partial charge is 0.151 e. The van der Waals surface area contributed by atoms with E-state index in [1.165, 1.54) is 6.07 Å². The summed E-state index contributed by atoms with van der Waals surface area (Å²) < 4.78 is 19.0. The zero-order valence-corrected chi connectivity index (χ0v) is 11.3. The van der Waals surface area contributed by atoms with E-state index in [4.69, 9.17) is 4.74 Å². The lowest BCUT2D eigenvalue weighted by Crippen LogP contribution is -2.33. The van der Waals surface area contributed by atoms with Crippen molar-refractivity contribution in [3.05, 3.63) is 35.6 Å². The number of halogens is 1. The summed E-state index contributed by atoms with van der Waals surface area (Å²) in [4.78, 5) is 13.9. The highest BCUT2D eigenvalue weighted by Gasteiger charge is 2.18. The first-order valence-electron chi connectivity index (χ1n) is 6.70. The molecular weight excluding hydrogens is 245 g/mol. The molecule has 1 fully saturated rings. The van der Waals surface area contributed by atoms with E-state index in [0.717, 1.165) is 26.0 Å². The van der Waals surface area contributed by atoms with Crippen LogP contribution < -0.4 is 0 Å². The first-order chi connectivity index (χ1) is 9.15. The molecule has 1 heterocycles. The molecule has 4 heteroatoms. The number of benzene rings is 1. The van der Waals surface area contributed by atoms with Gasteiger partial charge in [0.1, 0.15) is 5.82 Å². The average molecular weight is 265 g/mol. The fourth-order valence-electron chi connectivity index (χ4n) is 2.41. The zero-order valence-electron chi connectivity index (χ0n) is 11.3. The summed E-state index contributed by atoms with van der Waals surface area (Å²) in [7, 11) is 1.90. The van der Waals surface area contributed by atoms with Gasteiger partial charge in [0.05, 0.1) is 12.6 Å². The van der Waals surface area contributed by atoms with Gasteiger partial charge in [-0.05, 0) is 31.5 Å². The SMILES string of the molecule is CN(CC(=O)Cc1ccccc1F)CC1CCCO1. The Morgan fingerprint density at radius 1 is 1.47 bits per heavy atom. The Balaban J connectivity index is 1.79. The number of ether oxygens (including phenoxy) is 1. The number of hydrogen-bond donors (Lipinski definition) is 0. The molecule has 0 aromatic heterocycles. The Morgan fingerprint density at radius 2 is 2.26 bits per heavy atom. The summed E-state index contributed by atoms with van der Waals surface area (Å²) in [5, 5.41) is 0. The quantitative estimate of drug-likeness (QED) is 0.788. The number of nitrogens with zero attached hydrogens (tertiary/aromatic N) is 1. The molecule has 2 rings (SSSR count). The van der Waals surface area contributed by atoms with Crippen molar-refractivity contribution in [2.75, 3.05) is 26.7 Å². The maximum Gasteiger partial charge on any atom is 0.151 e. The summed E-state index contributed by atoms with van der Waals surface area (Å²) >= 11 is 0. The van der Waals surface area contributed by atoms with Crippen LogP contribution >= 0.6 is 0 Å². The topological polar surface area (TPSA) is 29.5 Å². The monoisotopic (exact) mass is 265 g/mol. The van der Waals surface area contributed by atoms with Crippen LogP contribution in [0.25, 0.3) is 0 Å². The molecular formula is C15H20FNO2. The summed E-state index contributed by atoms with van der Waals surface area (Å²) in [6, 6.07) is 6.43. The lowest BCUT2D eigenvalue weighted by atomic mass is 10.1. The molecule has 1 unspecified atom stereocenters. The molecule has 104 valence electrons. The number of carbonyl (C=O) groups is 1. The molecule has 0 radical (unpaired) electrons. The molecule has 0 saturated carbocycles. The molecule has 1 aromatic carbocycles. The molecule has 0 spiro atoms. The maximum absolute atomic E-state index is 13.4. The van der Waals surface area contributed by atoms with Gasteiger partial charge in [-0.15, -0.1) is 0 Å². The first-order valence-corrected chi connectivity index (χ1v) is 6.70. The number of carbonyl (C=O) groups excluding carboxylic acids is 1. The number of ketones is 1. The lowest BCUT2D eigenvalue weighted by molar-refractivity contribution is -0.119. The second-order valence-electron chi connectivity index (χ2n) is 5.14. The van der Waals surface area contributed by atoms with E-state index in [0.29, 0.717) is 12.1 Å². The van der Waals surface area contributed by atoms with Crippen LogP contribution in [0.2, 0.25) is 0 Å². The molecule has 0 bridgehead atoms. The van der Waals surface area contributed by atoms with Gasteiger partial charge in [-0.3, -0.25) is 9.69 Å². The Hall–Kier alpha value is -1.26. The van der Waals surface area contributed by atoms with Crippen molar-refractivity contribution in [2.24, 2.45) is 0 Å². The third-order valence-corrected chi connectivity index (χ3v) is 3.33. The van der Waals surface area contributed by atoms with Gasteiger partial charge in [0, 0.05) is 19.6 Å². The second kappa shape index (κ2) is 6.78. The van der Waals surface area contributed by atoms with E-state index in [9.17, 15) is 9.18 Å². The second-order valence-corrected chi connectivity index (χ2v) is 5.14. The molecule has 0 aliphatic carbocycles. The van der Waals surface area contributed by atoms with Crippen molar-refractivity contribution in [1.29, 1.82) is 0 Å². The van der Waals surface area contributed by atoms with Crippen LogP contribution in [0.4, 0.5) is 4.39 Å². The average Bonchev–Trinajstić information content (AvgIpc) is 2.84. The Bertz CT molecular complexity index is 430. The minimum atomic E-state index is -0.308. The Labute approximate surface area is 113 Å². The van der Waals surface area contributed by atoms with E-state index in [1.807, 2.05) is 11.9 Å². The molecule has 1 aromatic rings. The molecule has 1 aliphatic rings. The third kappa shape index (κ3) is 4.40. The first kappa shape index (κ1) is 14.2. The number of hydrogen-bond acceptors (Lipinski definition) is 3. The largest absolute Gasteiger partial charge is 0.377 e. The van der Waals surface area contributed by atoms with Gasteiger partial charge in [-0.2, -0.15) is 0 Å². The van der Waals surface area contributed by atoms with Crippen molar-refractivity contribution in [3.8, 4) is 0 Å². The molecule has 1 saturated heterocycles. The van der Waals surface area contributed by atoms with Crippen LogP contribution in [0.1, 0.15) is 18.4 Å². The van der Waals surface area contributed by atoms with Gasteiger partial charge < -0.3 is 4.74 Å². The fraction of sp³-hybridized carbons (Fsp3) is 0.533. The summed E-state index contributed by atoms with van der Waals surface area (Å²) in [6.07, 6.45) is 2.56. The van der Waals surface area contributed by atoms with E-state index in [1.54, 1.807) is 18.2 Å². The normalized spacial score (nSPS) is 19.0. The minimum absolute atomic E-state index is 0.0330. The van der Waals surface area contributed by atoms with Crippen LogP contribution in [-0.4, -0.2) is 43.5 Å². The molecule has 19 heavy (non-hydrogen) atoms.